The highest BCUT2D eigenvalue weighted by molar-refractivity contribution is 5.72. The molecule has 0 spiro atoms. The van der Waals surface area contributed by atoms with E-state index in [-0.39, 0.29) is 6.04 Å². The lowest BCUT2D eigenvalue weighted by Crippen LogP contribution is -2.35. The SMILES string of the molecule is NC(=O)NC(COCc1ccccc1)c1ccccc1. The first-order valence-electron chi connectivity index (χ1n) is 6.48. The van der Waals surface area contributed by atoms with Crippen LogP contribution in [0, 0.1) is 0 Å². The third-order valence-corrected chi connectivity index (χ3v) is 2.91. The van der Waals surface area contributed by atoms with Crippen LogP contribution in [0.1, 0.15) is 17.2 Å². The summed E-state index contributed by atoms with van der Waals surface area (Å²) >= 11 is 0. The molecule has 0 fully saturated rings. The topological polar surface area (TPSA) is 64.4 Å². The lowest BCUT2D eigenvalue weighted by molar-refractivity contribution is 0.101. The van der Waals surface area contributed by atoms with Crippen molar-refractivity contribution in [1.29, 1.82) is 0 Å². The number of ether oxygens (including phenoxy) is 1. The number of carbonyl (C=O) groups excluding carboxylic acids is 1. The molecule has 2 aromatic carbocycles. The van der Waals surface area contributed by atoms with Crippen molar-refractivity contribution in [3.8, 4) is 0 Å². The molecule has 0 aromatic heterocycles. The van der Waals surface area contributed by atoms with Gasteiger partial charge in [0.1, 0.15) is 0 Å². The summed E-state index contributed by atoms with van der Waals surface area (Å²) in [5.74, 6) is 0. The van der Waals surface area contributed by atoms with Gasteiger partial charge in [0.2, 0.25) is 0 Å². The first-order chi connectivity index (χ1) is 9.75. The van der Waals surface area contributed by atoms with Gasteiger partial charge in [-0.15, -0.1) is 0 Å². The second kappa shape index (κ2) is 7.31. The van der Waals surface area contributed by atoms with E-state index in [0.717, 1.165) is 11.1 Å². The molecule has 1 atom stereocenters. The van der Waals surface area contributed by atoms with E-state index in [9.17, 15) is 4.79 Å². The van der Waals surface area contributed by atoms with E-state index in [0.29, 0.717) is 13.2 Å². The van der Waals surface area contributed by atoms with Gasteiger partial charge in [-0.2, -0.15) is 0 Å². The molecule has 0 aliphatic rings. The highest BCUT2D eigenvalue weighted by Gasteiger charge is 2.12. The molecule has 0 bridgehead atoms. The largest absolute Gasteiger partial charge is 0.374 e. The standard InChI is InChI=1S/C16H18N2O2/c17-16(19)18-15(14-9-5-2-6-10-14)12-20-11-13-7-3-1-4-8-13/h1-10,15H,11-12H2,(H3,17,18,19). The van der Waals surface area contributed by atoms with Gasteiger partial charge in [-0.25, -0.2) is 4.79 Å². The lowest BCUT2D eigenvalue weighted by Gasteiger charge is -2.18. The van der Waals surface area contributed by atoms with E-state index in [1.54, 1.807) is 0 Å². The molecular formula is C16H18N2O2. The number of urea groups is 1. The summed E-state index contributed by atoms with van der Waals surface area (Å²) in [4.78, 5) is 11.1. The van der Waals surface area contributed by atoms with Crippen LogP contribution < -0.4 is 11.1 Å². The Morgan fingerprint density at radius 1 is 1.05 bits per heavy atom. The minimum Gasteiger partial charge on any atom is -0.374 e. The molecule has 2 aromatic rings. The van der Waals surface area contributed by atoms with E-state index in [2.05, 4.69) is 5.32 Å². The fourth-order valence-electron chi connectivity index (χ4n) is 1.95. The van der Waals surface area contributed by atoms with Crippen molar-refractivity contribution < 1.29 is 9.53 Å². The van der Waals surface area contributed by atoms with Crippen molar-refractivity contribution in [2.75, 3.05) is 6.61 Å². The number of benzene rings is 2. The van der Waals surface area contributed by atoms with Gasteiger partial charge in [-0.3, -0.25) is 0 Å². The van der Waals surface area contributed by atoms with Gasteiger partial charge in [-0.05, 0) is 11.1 Å². The molecule has 2 rings (SSSR count). The van der Waals surface area contributed by atoms with Crippen LogP contribution in [0.3, 0.4) is 0 Å². The summed E-state index contributed by atoms with van der Waals surface area (Å²) in [5, 5.41) is 2.70. The Bertz CT molecular complexity index is 529. The van der Waals surface area contributed by atoms with Crippen LogP contribution in [-0.4, -0.2) is 12.6 Å². The third kappa shape index (κ3) is 4.40. The molecule has 0 heterocycles. The maximum Gasteiger partial charge on any atom is 0.312 e. The number of nitrogens with two attached hydrogens (primary N) is 1. The van der Waals surface area contributed by atoms with E-state index >= 15 is 0 Å². The Hall–Kier alpha value is -2.33. The van der Waals surface area contributed by atoms with Gasteiger partial charge in [0, 0.05) is 0 Å². The molecule has 0 aliphatic heterocycles. The van der Waals surface area contributed by atoms with Gasteiger partial charge in [0.25, 0.3) is 0 Å². The zero-order valence-corrected chi connectivity index (χ0v) is 11.2. The van der Waals surface area contributed by atoms with Gasteiger partial charge in [-0.1, -0.05) is 60.7 Å². The van der Waals surface area contributed by atoms with Crippen LogP contribution in [0.25, 0.3) is 0 Å². The Morgan fingerprint density at radius 3 is 2.25 bits per heavy atom. The van der Waals surface area contributed by atoms with Crippen LogP contribution >= 0.6 is 0 Å². The summed E-state index contributed by atoms with van der Waals surface area (Å²) in [6, 6.07) is 18.7. The summed E-state index contributed by atoms with van der Waals surface area (Å²) < 4.78 is 5.67. The molecule has 1 unspecified atom stereocenters. The van der Waals surface area contributed by atoms with Gasteiger partial charge >= 0.3 is 6.03 Å². The monoisotopic (exact) mass is 270 g/mol. The molecule has 3 N–H and O–H groups in total. The molecular weight excluding hydrogens is 252 g/mol. The predicted octanol–water partition coefficient (Wildman–Crippen LogP) is 2.61. The number of primary amides is 1. The number of carbonyl (C=O) groups is 1. The van der Waals surface area contributed by atoms with Crippen LogP contribution in [-0.2, 0) is 11.3 Å². The van der Waals surface area contributed by atoms with Crippen molar-refractivity contribution in [3.63, 3.8) is 0 Å². The lowest BCUT2D eigenvalue weighted by atomic mass is 10.1. The quantitative estimate of drug-likeness (QED) is 0.847. The van der Waals surface area contributed by atoms with Crippen LogP contribution in [0.15, 0.2) is 60.7 Å². The van der Waals surface area contributed by atoms with Gasteiger partial charge in [0.05, 0.1) is 19.3 Å². The highest BCUT2D eigenvalue weighted by Crippen LogP contribution is 2.13. The Kier molecular flexibility index (Phi) is 5.15. The minimum atomic E-state index is -0.554. The van der Waals surface area contributed by atoms with Crippen molar-refractivity contribution in [3.05, 3.63) is 71.8 Å². The number of hydrogen-bond acceptors (Lipinski definition) is 2. The zero-order chi connectivity index (χ0) is 14.2. The average molecular weight is 270 g/mol. The molecule has 0 saturated heterocycles. The van der Waals surface area contributed by atoms with Crippen molar-refractivity contribution in [1.82, 2.24) is 5.32 Å². The number of nitrogens with one attached hydrogen (secondary N) is 1. The maximum absolute atomic E-state index is 11.1. The summed E-state index contributed by atoms with van der Waals surface area (Å²) in [6.07, 6.45) is 0. The van der Waals surface area contributed by atoms with Crippen LogP contribution in [0.5, 0.6) is 0 Å². The molecule has 0 saturated carbocycles. The smallest absolute Gasteiger partial charge is 0.312 e. The van der Waals surface area contributed by atoms with E-state index < -0.39 is 6.03 Å². The molecule has 4 heteroatoms. The van der Waals surface area contributed by atoms with E-state index in [1.165, 1.54) is 0 Å². The fraction of sp³-hybridized carbons (Fsp3) is 0.188. The average Bonchev–Trinajstić information content (AvgIpc) is 2.48. The molecule has 104 valence electrons. The van der Waals surface area contributed by atoms with Crippen molar-refractivity contribution >= 4 is 6.03 Å². The van der Waals surface area contributed by atoms with Crippen molar-refractivity contribution in [2.24, 2.45) is 5.73 Å². The molecule has 2 amide bonds. The molecule has 20 heavy (non-hydrogen) atoms. The van der Waals surface area contributed by atoms with Crippen LogP contribution in [0.2, 0.25) is 0 Å². The van der Waals surface area contributed by atoms with Gasteiger partial charge < -0.3 is 15.8 Å². The first-order valence-corrected chi connectivity index (χ1v) is 6.48. The first kappa shape index (κ1) is 14.1. The highest BCUT2D eigenvalue weighted by atomic mass is 16.5. The van der Waals surface area contributed by atoms with E-state index in [1.807, 2.05) is 60.7 Å². The fourth-order valence-corrected chi connectivity index (χ4v) is 1.95. The van der Waals surface area contributed by atoms with Crippen LogP contribution in [0.4, 0.5) is 4.79 Å². The zero-order valence-electron chi connectivity index (χ0n) is 11.2. The van der Waals surface area contributed by atoms with Crippen molar-refractivity contribution in [2.45, 2.75) is 12.6 Å². The molecule has 4 nitrogen and oxygen atoms in total. The number of hydrogen-bond donors (Lipinski definition) is 2. The summed E-state index contributed by atoms with van der Waals surface area (Å²) in [5.41, 5.74) is 7.28. The number of amides is 2. The van der Waals surface area contributed by atoms with Gasteiger partial charge in [0.15, 0.2) is 0 Å². The second-order valence-electron chi connectivity index (χ2n) is 4.47. The number of rotatable bonds is 6. The minimum absolute atomic E-state index is 0.239. The Morgan fingerprint density at radius 2 is 1.65 bits per heavy atom. The third-order valence-electron chi connectivity index (χ3n) is 2.91. The maximum atomic E-state index is 11.1. The molecule has 0 aliphatic carbocycles. The Labute approximate surface area is 118 Å². The summed E-state index contributed by atoms with van der Waals surface area (Å²) in [7, 11) is 0. The normalized spacial score (nSPS) is 11.8. The van der Waals surface area contributed by atoms with E-state index in [4.69, 9.17) is 10.5 Å². The second-order valence-corrected chi connectivity index (χ2v) is 4.47. The Balaban J connectivity index is 1.93. The summed E-state index contributed by atoms with van der Waals surface area (Å²) in [6.45, 7) is 0.881. The molecule has 0 radical (unpaired) electrons. The predicted molar refractivity (Wildman–Crippen MR) is 78.0 cm³/mol.